The molecule has 0 atom stereocenters. The number of aromatic nitrogens is 2. The fourth-order valence-corrected chi connectivity index (χ4v) is 1.74. The van der Waals surface area contributed by atoms with Gasteiger partial charge in [0.25, 0.3) is 0 Å². The van der Waals surface area contributed by atoms with Gasteiger partial charge in [-0.15, -0.1) is 0 Å². The Morgan fingerprint density at radius 1 is 1.33 bits per heavy atom. The van der Waals surface area contributed by atoms with Crippen LogP contribution in [0, 0.1) is 0 Å². The van der Waals surface area contributed by atoms with Crippen molar-refractivity contribution in [2.75, 3.05) is 6.54 Å². The van der Waals surface area contributed by atoms with E-state index in [4.69, 9.17) is 10.5 Å². The molecule has 1 aromatic rings. The van der Waals surface area contributed by atoms with Crippen LogP contribution in [0.5, 0.6) is 0 Å². The third-order valence-corrected chi connectivity index (χ3v) is 2.58. The van der Waals surface area contributed by atoms with Crippen LogP contribution in [0.4, 0.5) is 0 Å². The van der Waals surface area contributed by atoms with E-state index >= 15 is 0 Å². The zero-order chi connectivity index (χ0) is 10.8. The maximum Gasteiger partial charge on any atom is 0.131 e. The quantitative estimate of drug-likeness (QED) is 0.807. The second-order valence-electron chi connectivity index (χ2n) is 4.14. The summed E-state index contributed by atoms with van der Waals surface area (Å²) in [5.41, 5.74) is 8.86. The SMILES string of the molecule is CC(C)c1nc(CCN)c2c(n1)COC2. The molecule has 4 heteroatoms. The smallest absolute Gasteiger partial charge is 0.131 e. The van der Waals surface area contributed by atoms with Crippen molar-refractivity contribution in [1.29, 1.82) is 0 Å². The lowest BCUT2D eigenvalue weighted by atomic mass is 10.1. The summed E-state index contributed by atoms with van der Waals surface area (Å²) in [7, 11) is 0. The van der Waals surface area contributed by atoms with E-state index in [-0.39, 0.29) is 0 Å². The van der Waals surface area contributed by atoms with Gasteiger partial charge in [-0.1, -0.05) is 13.8 Å². The van der Waals surface area contributed by atoms with Crippen molar-refractivity contribution < 1.29 is 4.74 Å². The molecule has 15 heavy (non-hydrogen) atoms. The second-order valence-corrected chi connectivity index (χ2v) is 4.14. The predicted octanol–water partition coefficient (Wildman–Crippen LogP) is 1.13. The van der Waals surface area contributed by atoms with Crippen LogP contribution in [-0.2, 0) is 24.4 Å². The Labute approximate surface area is 89.9 Å². The van der Waals surface area contributed by atoms with E-state index in [0.29, 0.717) is 25.7 Å². The minimum absolute atomic E-state index is 0.354. The fourth-order valence-electron chi connectivity index (χ4n) is 1.74. The first kappa shape index (κ1) is 10.5. The number of nitrogens with two attached hydrogens (primary N) is 1. The van der Waals surface area contributed by atoms with Gasteiger partial charge in [0.2, 0.25) is 0 Å². The molecule has 0 aromatic carbocycles. The minimum atomic E-state index is 0.354. The predicted molar refractivity (Wildman–Crippen MR) is 57.4 cm³/mol. The Bertz CT molecular complexity index is 363. The van der Waals surface area contributed by atoms with Crippen molar-refractivity contribution in [2.24, 2.45) is 5.73 Å². The molecule has 0 aliphatic carbocycles. The molecule has 0 amide bonds. The van der Waals surface area contributed by atoms with E-state index in [2.05, 4.69) is 23.8 Å². The van der Waals surface area contributed by atoms with Crippen molar-refractivity contribution >= 4 is 0 Å². The number of fused-ring (bicyclic) bond motifs is 1. The first-order chi connectivity index (χ1) is 7.22. The Kier molecular flexibility index (Phi) is 2.98. The molecule has 1 aromatic heterocycles. The summed E-state index contributed by atoms with van der Waals surface area (Å²) < 4.78 is 5.39. The average molecular weight is 207 g/mol. The van der Waals surface area contributed by atoms with E-state index in [1.165, 1.54) is 0 Å². The monoisotopic (exact) mass is 207 g/mol. The van der Waals surface area contributed by atoms with E-state index in [1.54, 1.807) is 0 Å². The first-order valence-electron chi connectivity index (χ1n) is 5.38. The summed E-state index contributed by atoms with van der Waals surface area (Å²) in [5, 5.41) is 0. The highest BCUT2D eigenvalue weighted by atomic mass is 16.5. The molecule has 2 heterocycles. The molecule has 0 bridgehead atoms. The number of nitrogens with zero attached hydrogens (tertiary/aromatic N) is 2. The zero-order valence-electron chi connectivity index (χ0n) is 9.29. The van der Waals surface area contributed by atoms with Gasteiger partial charge in [0.15, 0.2) is 0 Å². The molecular weight excluding hydrogens is 190 g/mol. The topological polar surface area (TPSA) is 61.0 Å². The standard InChI is InChI=1S/C11H17N3O/c1-7(2)11-13-9(3-4-12)8-5-15-6-10(8)14-11/h7H,3-6,12H2,1-2H3. The average Bonchev–Trinajstić information content (AvgIpc) is 2.65. The molecule has 2 rings (SSSR count). The van der Waals surface area contributed by atoms with Crippen LogP contribution in [0.1, 0.15) is 42.5 Å². The molecule has 1 aliphatic rings. The number of ether oxygens (including phenoxy) is 1. The molecule has 1 aliphatic heterocycles. The molecule has 4 nitrogen and oxygen atoms in total. The molecule has 82 valence electrons. The molecule has 0 spiro atoms. The number of hydrogen-bond donors (Lipinski definition) is 1. The van der Waals surface area contributed by atoms with Gasteiger partial charge in [-0.05, 0) is 6.54 Å². The lowest BCUT2D eigenvalue weighted by molar-refractivity contribution is 0.133. The van der Waals surface area contributed by atoms with Crippen LogP contribution < -0.4 is 5.73 Å². The lowest BCUT2D eigenvalue weighted by Crippen LogP contribution is -2.11. The van der Waals surface area contributed by atoms with Crippen LogP contribution >= 0.6 is 0 Å². The highest BCUT2D eigenvalue weighted by Crippen LogP contribution is 2.23. The van der Waals surface area contributed by atoms with Crippen LogP contribution in [0.2, 0.25) is 0 Å². The van der Waals surface area contributed by atoms with Gasteiger partial charge in [-0.3, -0.25) is 0 Å². The maximum atomic E-state index is 5.58. The van der Waals surface area contributed by atoms with Crippen LogP contribution in [0.3, 0.4) is 0 Å². The minimum Gasteiger partial charge on any atom is -0.370 e. The molecule has 0 saturated carbocycles. The van der Waals surface area contributed by atoms with Crippen molar-refractivity contribution in [3.63, 3.8) is 0 Å². The highest BCUT2D eigenvalue weighted by Gasteiger charge is 2.20. The van der Waals surface area contributed by atoms with Gasteiger partial charge < -0.3 is 10.5 Å². The van der Waals surface area contributed by atoms with E-state index in [0.717, 1.165) is 29.2 Å². The maximum absolute atomic E-state index is 5.58. The van der Waals surface area contributed by atoms with E-state index in [9.17, 15) is 0 Å². The fraction of sp³-hybridized carbons (Fsp3) is 0.636. The van der Waals surface area contributed by atoms with Crippen LogP contribution in [-0.4, -0.2) is 16.5 Å². The van der Waals surface area contributed by atoms with E-state index in [1.807, 2.05) is 0 Å². The number of hydrogen-bond acceptors (Lipinski definition) is 4. The Hall–Kier alpha value is -1.00. The molecule has 0 saturated heterocycles. The third-order valence-electron chi connectivity index (χ3n) is 2.58. The first-order valence-corrected chi connectivity index (χ1v) is 5.38. The summed E-state index contributed by atoms with van der Waals surface area (Å²) in [5.74, 6) is 1.26. The normalized spacial score (nSPS) is 14.7. The summed E-state index contributed by atoms with van der Waals surface area (Å²) in [6.45, 7) is 6.09. The number of rotatable bonds is 3. The molecular formula is C11H17N3O. The van der Waals surface area contributed by atoms with Gasteiger partial charge in [0, 0.05) is 17.9 Å². The third kappa shape index (κ3) is 2.01. The summed E-state index contributed by atoms with van der Waals surface area (Å²) in [6.07, 6.45) is 0.813. The molecule has 0 radical (unpaired) electrons. The molecule has 0 fully saturated rings. The van der Waals surface area contributed by atoms with Gasteiger partial charge >= 0.3 is 0 Å². The van der Waals surface area contributed by atoms with Crippen LogP contribution in [0.25, 0.3) is 0 Å². The zero-order valence-corrected chi connectivity index (χ0v) is 9.29. The summed E-state index contributed by atoms with van der Waals surface area (Å²) >= 11 is 0. The van der Waals surface area contributed by atoms with Crippen LogP contribution in [0.15, 0.2) is 0 Å². The van der Waals surface area contributed by atoms with Crippen molar-refractivity contribution in [1.82, 2.24) is 9.97 Å². The summed E-state index contributed by atoms with van der Waals surface area (Å²) in [6, 6.07) is 0. The molecule has 0 unspecified atom stereocenters. The van der Waals surface area contributed by atoms with Crippen molar-refractivity contribution in [3.05, 3.63) is 22.8 Å². The van der Waals surface area contributed by atoms with Gasteiger partial charge in [-0.25, -0.2) is 9.97 Å². The second kappa shape index (κ2) is 4.24. The van der Waals surface area contributed by atoms with Crippen molar-refractivity contribution in [3.8, 4) is 0 Å². The Morgan fingerprint density at radius 2 is 2.13 bits per heavy atom. The molecule has 2 N–H and O–H groups in total. The summed E-state index contributed by atoms with van der Waals surface area (Å²) in [4.78, 5) is 9.08. The van der Waals surface area contributed by atoms with Gasteiger partial charge in [-0.2, -0.15) is 0 Å². The Morgan fingerprint density at radius 3 is 2.80 bits per heavy atom. The largest absolute Gasteiger partial charge is 0.370 e. The van der Waals surface area contributed by atoms with Gasteiger partial charge in [0.05, 0.1) is 24.6 Å². The lowest BCUT2D eigenvalue weighted by Gasteiger charge is -2.10. The van der Waals surface area contributed by atoms with Crippen molar-refractivity contribution in [2.45, 2.75) is 39.4 Å². The highest BCUT2D eigenvalue weighted by molar-refractivity contribution is 5.28. The van der Waals surface area contributed by atoms with Gasteiger partial charge in [0.1, 0.15) is 5.82 Å². The van der Waals surface area contributed by atoms with E-state index < -0.39 is 0 Å². The Balaban J connectivity index is 2.43.